The minimum Gasteiger partial charge on any atom is -0.494 e. The van der Waals surface area contributed by atoms with Crippen LogP contribution in [0.5, 0.6) is 5.75 Å². The van der Waals surface area contributed by atoms with Crippen LogP contribution in [-0.4, -0.2) is 40.4 Å². The Kier molecular flexibility index (Phi) is 4.54. The lowest BCUT2D eigenvalue weighted by Crippen LogP contribution is -2.40. The van der Waals surface area contributed by atoms with Crippen LogP contribution in [0.15, 0.2) is 46.1 Å². The molecule has 8 heteroatoms. The predicted molar refractivity (Wildman–Crippen MR) is 109 cm³/mol. The molecule has 28 heavy (non-hydrogen) atoms. The largest absolute Gasteiger partial charge is 0.494 e. The maximum atomic E-state index is 12.2. The molecule has 0 radical (unpaired) electrons. The molecule has 3 heterocycles. The van der Waals surface area contributed by atoms with Crippen LogP contribution in [0.1, 0.15) is 6.42 Å². The number of pyridine rings is 1. The van der Waals surface area contributed by atoms with Crippen molar-refractivity contribution in [2.75, 3.05) is 30.4 Å². The van der Waals surface area contributed by atoms with Gasteiger partial charge in [-0.15, -0.1) is 0 Å². The van der Waals surface area contributed by atoms with Crippen molar-refractivity contribution in [1.82, 2.24) is 14.1 Å². The van der Waals surface area contributed by atoms with Crippen molar-refractivity contribution >= 4 is 22.4 Å². The van der Waals surface area contributed by atoms with E-state index in [9.17, 15) is 9.59 Å². The second-order valence-electron chi connectivity index (χ2n) is 7.03. The third-order valence-electron chi connectivity index (χ3n) is 5.33. The Bertz CT molecular complexity index is 1150. The zero-order valence-corrected chi connectivity index (χ0v) is 16.2. The fraction of sp³-hybridized carbons (Fsp3) is 0.350. The number of ether oxygens (including phenoxy) is 1. The first-order valence-electron chi connectivity index (χ1n) is 9.20. The van der Waals surface area contributed by atoms with Crippen molar-refractivity contribution in [2.24, 2.45) is 14.1 Å². The first-order valence-corrected chi connectivity index (χ1v) is 9.20. The molecule has 8 nitrogen and oxygen atoms in total. The van der Waals surface area contributed by atoms with Gasteiger partial charge in [0.1, 0.15) is 17.1 Å². The van der Waals surface area contributed by atoms with Gasteiger partial charge in [0.2, 0.25) is 0 Å². The molecule has 1 saturated heterocycles. The number of anilines is 2. The van der Waals surface area contributed by atoms with Crippen molar-refractivity contribution in [3.8, 4) is 5.75 Å². The van der Waals surface area contributed by atoms with Gasteiger partial charge in [-0.25, -0.2) is 4.79 Å². The maximum absolute atomic E-state index is 12.2. The van der Waals surface area contributed by atoms with Gasteiger partial charge in [0.05, 0.1) is 7.11 Å². The molecular formula is C20H23N5O3. The molecule has 1 aromatic carbocycles. The topological polar surface area (TPSA) is 81.4 Å². The van der Waals surface area contributed by atoms with E-state index in [0.717, 1.165) is 39.9 Å². The highest BCUT2D eigenvalue weighted by Crippen LogP contribution is 2.30. The summed E-state index contributed by atoms with van der Waals surface area (Å²) >= 11 is 0. The van der Waals surface area contributed by atoms with Gasteiger partial charge in [-0.05, 0) is 18.6 Å². The fourth-order valence-corrected chi connectivity index (χ4v) is 3.77. The molecule has 0 saturated carbocycles. The summed E-state index contributed by atoms with van der Waals surface area (Å²) in [6, 6.07) is 9.53. The standard InChI is InChI=1S/C20H23N5O3/c1-23-17(11-18(26)24(2)20(23)27)25-10-8-13(12-25)22-15-7-9-21-19-14(15)5-4-6-16(19)28-3/h4-7,9,11,13H,8,10,12H2,1-3H3,(H,21,22)/t13-/m0/s1. The summed E-state index contributed by atoms with van der Waals surface area (Å²) in [7, 11) is 4.83. The molecule has 3 aromatic rings. The average Bonchev–Trinajstić information content (AvgIpc) is 3.17. The quantitative estimate of drug-likeness (QED) is 0.734. The molecular weight excluding hydrogens is 358 g/mol. The smallest absolute Gasteiger partial charge is 0.332 e. The van der Waals surface area contributed by atoms with Gasteiger partial charge in [-0.2, -0.15) is 0 Å². The number of hydrogen-bond donors (Lipinski definition) is 1. The molecule has 146 valence electrons. The van der Waals surface area contributed by atoms with Gasteiger partial charge in [0.25, 0.3) is 5.56 Å². The molecule has 0 aliphatic carbocycles. The third kappa shape index (κ3) is 3.00. The lowest BCUT2D eigenvalue weighted by molar-refractivity contribution is 0.419. The van der Waals surface area contributed by atoms with E-state index in [4.69, 9.17) is 4.74 Å². The first kappa shape index (κ1) is 18.1. The second kappa shape index (κ2) is 7.03. The van der Waals surface area contributed by atoms with E-state index in [1.165, 1.54) is 17.7 Å². The van der Waals surface area contributed by atoms with E-state index in [-0.39, 0.29) is 17.3 Å². The van der Waals surface area contributed by atoms with Crippen LogP contribution in [0.4, 0.5) is 11.5 Å². The van der Waals surface area contributed by atoms with Crippen LogP contribution in [0, 0.1) is 0 Å². The molecule has 1 aliphatic heterocycles. The predicted octanol–water partition coefficient (Wildman–Crippen LogP) is 1.33. The number of nitrogens with zero attached hydrogens (tertiary/aromatic N) is 4. The molecule has 1 atom stereocenters. The number of fused-ring (bicyclic) bond motifs is 1. The van der Waals surface area contributed by atoms with E-state index in [1.54, 1.807) is 20.4 Å². The first-order chi connectivity index (χ1) is 13.5. The van der Waals surface area contributed by atoms with Crippen molar-refractivity contribution in [3.63, 3.8) is 0 Å². The molecule has 1 fully saturated rings. The molecule has 0 amide bonds. The summed E-state index contributed by atoms with van der Waals surface area (Å²) in [5.74, 6) is 1.39. The SMILES string of the molecule is COc1cccc2c(N[C@H]3CCN(c4cc(=O)n(C)c(=O)n4C)C3)ccnc12. The van der Waals surface area contributed by atoms with Gasteiger partial charge < -0.3 is 15.0 Å². The Balaban J connectivity index is 1.59. The van der Waals surface area contributed by atoms with Gasteiger partial charge in [-0.3, -0.25) is 18.9 Å². The lowest BCUT2D eigenvalue weighted by Gasteiger charge is -2.22. The van der Waals surface area contributed by atoms with Gasteiger partial charge in [0.15, 0.2) is 0 Å². The van der Waals surface area contributed by atoms with Gasteiger partial charge >= 0.3 is 5.69 Å². The van der Waals surface area contributed by atoms with E-state index in [1.807, 2.05) is 24.3 Å². The highest BCUT2D eigenvalue weighted by Gasteiger charge is 2.25. The van der Waals surface area contributed by atoms with Crippen LogP contribution in [-0.2, 0) is 14.1 Å². The molecule has 4 rings (SSSR count). The number of methoxy groups -OCH3 is 1. The average molecular weight is 381 g/mol. The summed E-state index contributed by atoms with van der Waals surface area (Å²) in [5, 5.41) is 4.59. The van der Waals surface area contributed by atoms with Crippen LogP contribution < -0.4 is 26.2 Å². The van der Waals surface area contributed by atoms with Crippen molar-refractivity contribution in [2.45, 2.75) is 12.5 Å². The Morgan fingerprint density at radius 3 is 2.79 bits per heavy atom. The molecule has 0 spiro atoms. The minimum absolute atomic E-state index is 0.191. The molecule has 0 unspecified atom stereocenters. The zero-order chi connectivity index (χ0) is 19.8. The van der Waals surface area contributed by atoms with Gasteiger partial charge in [0, 0.05) is 56.6 Å². The van der Waals surface area contributed by atoms with Crippen LogP contribution in [0.25, 0.3) is 10.9 Å². The van der Waals surface area contributed by atoms with Crippen molar-refractivity contribution < 1.29 is 4.74 Å². The summed E-state index contributed by atoms with van der Waals surface area (Å²) in [5.41, 5.74) is 1.21. The Labute approximate surface area is 162 Å². The molecule has 0 bridgehead atoms. The van der Waals surface area contributed by atoms with Crippen molar-refractivity contribution in [3.05, 3.63) is 57.4 Å². The van der Waals surface area contributed by atoms with E-state index < -0.39 is 0 Å². The van der Waals surface area contributed by atoms with Crippen LogP contribution in [0.2, 0.25) is 0 Å². The fourth-order valence-electron chi connectivity index (χ4n) is 3.77. The van der Waals surface area contributed by atoms with E-state index in [0.29, 0.717) is 12.4 Å². The van der Waals surface area contributed by atoms with E-state index >= 15 is 0 Å². The second-order valence-corrected chi connectivity index (χ2v) is 7.03. The lowest BCUT2D eigenvalue weighted by atomic mass is 10.1. The Hall–Kier alpha value is -3.29. The number of nitrogens with one attached hydrogen (secondary N) is 1. The molecule has 1 N–H and O–H groups in total. The summed E-state index contributed by atoms with van der Waals surface area (Å²) in [4.78, 5) is 30.8. The highest BCUT2D eigenvalue weighted by atomic mass is 16.5. The number of para-hydroxylation sites is 1. The molecule has 1 aliphatic rings. The van der Waals surface area contributed by atoms with Crippen LogP contribution in [0.3, 0.4) is 0 Å². The summed E-state index contributed by atoms with van der Waals surface area (Å²) in [6.07, 6.45) is 2.67. The Morgan fingerprint density at radius 2 is 2.00 bits per heavy atom. The monoisotopic (exact) mass is 381 g/mol. The van der Waals surface area contributed by atoms with Crippen LogP contribution >= 0.6 is 0 Å². The third-order valence-corrected chi connectivity index (χ3v) is 5.33. The van der Waals surface area contributed by atoms with E-state index in [2.05, 4.69) is 15.2 Å². The number of hydrogen-bond acceptors (Lipinski definition) is 6. The molecule has 2 aromatic heterocycles. The summed E-state index contributed by atoms with van der Waals surface area (Å²) < 4.78 is 8.05. The maximum Gasteiger partial charge on any atom is 0.332 e. The highest BCUT2D eigenvalue weighted by molar-refractivity contribution is 5.94. The normalized spacial score (nSPS) is 16.5. The Morgan fingerprint density at radius 1 is 1.18 bits per heavy atom. The zero-order valence-electron chi connectivity index (χ0n) is 16.2. The number of rotatable bonds is 4. The summed E-state index contributed by atoms with van der Waals surface area (Å²) in [6.45, 7) is 1.47. The number of aromatic nitrogens is 3. The van der Waals surface area contributed by atoms with Gasteiger partial charge in [-0.1, -0.05) is 12.1 Å². The van der Waals surface area contributed by atoms with Crippen molar-refractivity contribution in [1.29, 1.82) is 0 Å². The number of benzene rings is 1. The minimum atomic E-state index is -0.314.